The van der Waals surface area contributed by atoms with E-state index in [0.717, 1.165) is 6.42 Å². The number of hydrogen-bond donors (Lipinski definition) is 0. The molecule has 1 aliphatic rings. The maximum atomic E-state index is 12.6. The lowest BCUT2D eigenvalue weighted by Gasteiger charge is -2.28. The first-order chi connectivity index (χ1) is 5.39. The van der Waals surface area contributed by atoms with Gasteiger partial charge in [-0.1, -0.05) is 13.8 Å². The van der Waals surface area contributed by atoms with Gasteiger partial charge in [0.05, 0.1) is 5.25 Å². The molecule has 1 aliphatic carbocycles. The Kier molecular flexibility index (Phi) is 2.76. The van der Waals surface area contributed by atoms with Crippen LogP contribution in [0.4, 0.5) is 3.89 Å². The molecule has 1 rings (SSSR count). The summed E-state index contributed by atoms with van der Waals surface area (Å²) >= 11 is 0. The van der Waals surface area contributed by atoms with Crippen LogP contribution in [0.1, 0.15) is 33.1 Å². The fraction of sp³-hybridized carbons (Fsp3) is 1.00. The van der Waals surface area contributed by atoms with E-state index in [2.05, 4.69) is 0 Å². The predicted molar refractivity (Wildman–Crippen MR) is 46.0 cm³/mol. The first kappa shape index (κ1) is 9.96. The van der Waals surface area contributed by atoms with Crippen molar-refractivity contribution in [1.29, 1.82) is 0 Å². The first-order valence-electron chi connectivity index (χ1n) is 4.33. The topological polar surface area (TPSA) is 34.1 Å². The first-order valence-corrected chi connectivity index (χ1v) is 5.77. The maximum absolute atomic E-state index is 12.6. The van der Waals surface area contributed by atoms with Crippen molar-refractivity contribution >= 4 is 10.2 Å². The Hall–Kier alpha value is -0.120. The van der Waals surface area contributed by atoms with Crippen LogP contribution in [-0.2, 0) is 10.2 Å². The number of halogens is 1. The summed E-state index contributed by atoms with van der Waals surface area (Å²) in [6.07, 6.45) is 2.00. The molecule has 0 amide bonds. The van der Waals surface area contributed by atoms with E-state index in [1.165, 1.54) is 0 Å². The molecule has 0 aromatic heterocycles. The Bertz CT molecular complexity index is 238. The molecule has 0 aromatic carbocycles. The average Bonchev–Trinajstić information content (AvgIpc) is 1.82. The molecule has 0 N–H and O–H groups in total. The van der Waals surface area contributed by atoms with Crippen LogP contribution in [0, 0.1) is 11.8 Å². The fourth-order valence-corrected chi connectivity index (χ4v) is 3.22. The summed E-state index contributed by atoms with van der Waals surface area (Å²) in [6, 6.07) is 0. The molecule has 0 saturated heterocycles. The van der Waals surface area contributed by atoms with Crippen molar-refractivity contribution in [1.82, 2.24) is 0 Å². The molecule has 2 atom stereocenters. The third-order valence-electron chi connectivity index (χ3n) is 2.53. The molecule has 1 fully saturated rings. The quantitative estimate of drug-likeness (QED) is 0.599. The highest BCUT2D eigenvalue weighted by atomic mass is 32.3. The van der Waals surface area contributed by atoms with Gasteiger partial charge in [0.15, 0.2) is 0 Å². The monoisotopic (exact) mass is 194 g/mol. The van der Waals surface area contributed by atoms with Crippen LogP contribution in [0.5, 0.6) is 0 Å². The molecular weight excluding hydrogens is 179 g/mol. The second-order valence-corrected chi connectivity index (χ2v) is 5.63. The zero-order valence-electron chi connectivity index (χ0n) is 7.46. The lowest BCUT2D eigenvalue weighted by atomic mass is 9.83. The summed E-state index contributed by atoms with van der Waals surface area (Å²) in [7, 11) is -4.29. The third-order valence-corrected chi connectivity index (χ3v) is 3.71. The minimum atomic E-state index is -4.29. The van der Waals surface area contributed by atoms with Crippen molar-refractivity contribution in [2.45, 2.75) is 38.4 Å². The molecule has 0 aromatic rings. The lowest BCUT2D eigenvalue weighted by molar-refractivity contribution is 0.297. The van der Waals surface area contributed by atoms with Crippen LogP contribution in [0.3, 0.4) is 0 Å². The van der Waals surface area contributed by atoms with E-state index in [0.29, 0.717) is 24.7 Å². The molecular formula is C8H15FO2S. The molecule has 2 nitrogen and oxygen atoms in total. The Morgan fingerprint density at radius 3 is 1.83 bits per heavy atom. The van der Waals surface area contributed by atoms with Crippen molar-refractivity contribution in [2.24, 2.45) is 11.8 Å². The van der Waals surface area contributed by atoms with Crippen molar-refractivity contribution < 1.29 is 12.3 Å². The van der Waals surface area contributed by atoms with Gasteiger partial charge in [0, 0.05) is 0 Å². The average molecular weight is 194 g/mol. The van der Waals surface area contributed by atoms with Crippen LogP contribution >= 0.6 is 0 Å². The molecule has 12 heavy (non-hydrogen) atoms. The second kappa shape index (κ2) is 3.32. The van der Waals surface area contributed by atoms with Crippen LogP contribution < -0.4 is 0 Å². The van der Waals surface area contributed by atoms with Gasteiger partial charge in [0.1, 0.15) is 0 Å². The van der Waals surface area contributed by atoms with Crippen molar-refractivity contribution in [3.63, 3.8) is 0 Å². The molecule has 2 unspecified atom stereocenters. The van der Waals surface area contributed by atoms with Crippen molar-refractivity contribution in [3.05, 3.63) is 0 Å². The van der Waals surface area contributed by atoms with Crippen LogP contribution in [-0.4, -0.2) is 13.7 Å². The molecule has 0 spiro atoms. The molecule has 0 radical (unpaired) electrons. The number of rotatable bonds is 1. The van der Waals surface area contributed by atoms with E-state index in [9.17, 15) is 12.3 Å². The molecule has 0 aliphatic heterocycles. The standard InChI is InChI=1S/C8H15FO2S/c1-6-3-7(2)5-8(4-6)12(9,10)11/h6-8H,3-5H2,1-2H3. The summed E-state index contributed by atoms with van der Waals surface area (Å²) in [5, 5.41) is -0.740. The van der Waals surface area contributed by atoms with Crippen molar-refractivity contribution in [3.8, 4) is 0 Å². The Morgan fingerprint density at radius 1 is 1.08 bits per heavy atom. The van der Waals surface area contributed by atoms with E-state index in [1.807, 2.05) is 13.8 Å². The number of hydrogen-bond acceptors (Lipinski definition) is 2. The summed E-state index contributed by atoms with van der Waals surface area (Å²) in [5.74, 6) is 0.675. The van der Waals surface area contributed by atoms with Gasteiger partial charge >= 0.3 is 10.2 Å². The molecule has 0 bridgehead atoms. The third kappa shape index (κ3) is 2.44. The van der Waals surface area contributed by atoms with Gasteiger partial charge in [-0.05, 0) is 31.1 Å². The van der Waals surface area contributed by atoms with E-state index in [4.69, 9.17) is 0 Å². The lowest BCUT2D eigenvalue weighted by Crippen LogP contribution is -2.28. The van der Waals surface area contributed by atoms with E-state index < -0.39 is 15.5 Å². The Labute approximate surface area is 73.4 Å². The smallest absolute Gasteiger partial charge is 0.195 e. The molecule has 72 valence electrons. The normalized spacial score (nSPS) is 38.1. The maximum Gasteiger partial charge on any atom is 0.305 e. The second-order valence-electron chi connectivity index (χ2n) is 4.02. The van der Waals surface area contributed by atoms with Gasteiger partial charge in [0.2, 0.25) is 0 Å². The van der Waals surface area contributed by atoms with Gasteiger partial charge in [-0.2, -0.15) is 8.42 Å². The van der Waals surface area contributed by atoms with Gasteiger partial charge in [0.25, 0.3) is 0 Å². The SMILES string of the molecule is CC1CC(C)CC(S(=O)(=O)F)C1. The highest BCUT2D eigenvalue weighted by Gasteiger charge is 2.32. The van der Waals surface area contributed by atoms with Crippen LogP contribution in [0.15, 0.2) is 0 Å². The summed E-state index contributed by atoms with van der Waals surface area (Å²) in [6.45, 7) is 3.96. The minimum absolute atomic E-state index is 0.337. The van der Waals surface area contributed by atoms with E-state index in [1.54, 1.807) is 0 Å². The van der Waals surface area contributed by atoms with E-state index >= 15 is 0 Å². The minimum Gasteiger partial charge on any atom is -0.195 e. The Morgan fingerprint density at radius 2 is 1.50 bits per heavy atom. The molecule has 1 saturated carbocycles. The van der Waals surface area contributed by atoms with Crippen molar-refractivity contribution in [2.75, 3.05) is 0 Å². The predicted octanol–water partition coefficient (Wildman–Crippen LogP) is 2.11. The van der Waals surface area contributed by atoms with Crippen LogP contribution in [0.25, 0.3) is 0 Å². The molecule has 0 heterocycles. The highest BCUT2D eigenvalue weighted by molar-refractivity contribution is 7.87. The van der Waals surface area contributed by atoms with Gasteiger partial charge < -0.3 is 0 Å². The summed E-state index contributed by atoms with van der Waals surface area (Å²) in [5.41, 5.74) is 0. The van der Waals surface area contributed by atoms with Gasteiger partial charge in [-0.15, -0.1) is 3.89 Å². The van der Waals surface area contributed by atoms with Crippen LogP contribution in [0.2, 0.25) is 0 Å². The summed E-state index contributed by atoms with van der Waals surface area (Å²) in [4.78, 5) is 0. The highest BCUT2D eigenvalue weighted by Crippen LogP contribution is 2.32. The fourth-order valence-electron chi connectivity index (χ4n) is 2.10. The zero-order chi connectivity index (χ0) is 9.35. The van der Waals surface area contributed by atoms with Gasteiger partial charge in [-0.25, -0.2) is 0 Å². The zero-order valence-corrected chi connectivity index (χ0v) is 8.27. The summed E-state index contributed by atoms with van der Waals surface area (Å²) < 4.78 is 33.8. The Balaban J connectivity index is 2.68. The van der Waals surface area contributed by atoms with E-state index in [-0.39, 0.29) is 0 Å². The van der Waals surface area contributed by atoms with Gasteiger partial charge in [-0.3, -0.25) is 0 Å². The largest absolute Gasteiger partial charge is 0.305 e. The molecule has 4 heteroatoms.